The van der Waals surface area contributed by atoms with Crippen LogP contribution < -0.4 is 0 Å². The third kappa shape index (κ3) is 1.87. The minimum Gasteiger partial charge on any atom is -0.478 e. The van der Waals surface area contributed by atoms with Gasteiger partial charge in [0.1, 0.15) is 17.3 Å². The van der Waals surface area contributed by atoms with Crippen molar-refractivity contribution in [3.8, 4) is 0 Å². The smallest absolute Gasteiger partial charge is 0.335 e. The monoisotopic (exact) mass is 257 g/mol. The topological polar surface area (TPSA) is 81.2 Å². The van der Waals surface area contributed by atoms with E-state index in [0.717, 1.165) is 11.3 Å². The molecule has 19 heavy (non-hydrogen) atoms. The molecular formula is C13H11N3O3. The number of hydrogen-bond donors (Lipinski definition) is 1. The lowest BCUT2D eigenvalue weighted by atomic mass is 10.2. The van der Waals surface area contributed by atoms with Crippen LogP contribution in [0.5, 0.6) is 0 Å². The van der Waals surface area contributed by atoms with E-state index in [9.17, 15) is 4.79 Å². The third-order valence-electron chi connectivity index (χ3n) is 3.04. The zero-order valence-corrected chi connectivity index (χ0v) is 10.1. The highest BCUT2D eigenvalue weighted by molar-refractivity contribution is 5.92. The maximum atomic E-state index is 10.9. The van der Waals surface area contributed by atoms with E-state index in [-0.39, 0.29) is 11.6 Å². The summed E-state index contributed by atoms with van der Waals surface area (Å²) in [6.07, 6.45) is 1.60. The van der Waals surface area contributed by atoms with E-state index >= 15 is 0 Å². The van der Waals surface area contributed by atoms with Crippen molar-refractivity contribution >= 4 is 17.0 Å². The van der Waals surface area contributed by atoms with Gasteiger partial charge < -0.3 is 9.52 Å². The molecule has 0 amide bonds. The summed E-state index contributed by atoms with van der Waals surface area (Å²) in [5.41, 5.74) is 1.53. The zero-order valence-electron chi connectivity index (χ0n) is 10.1. The van der Waals surface area contributed by atoms with Gasteiger partial charge in [0, 0.05) is 0 Å². The van der Waals surface area contributed by atoms with Crippen LogP contribution >= 0.6 is 0 Å². The number of fused-ring (bicyclic) bond motifs is 1. The molecule has 1 aromatic carbocycles. The second-order valence-electron chi connectivity index (χ2n) is 4.23. The molecule has 0 aliphatic heterocycles. The van der Waals surface area contributed by atoms with Gasteiger partial charge in [0.25, 0.3) is 0 Å². The van der Waals surface area contributed by atoms with Gasteiger partial charge in [0.2, 0.25) is 0 Å². The van der Waals surface area contributed by atoms with Crippen molar-refractivity contribution in [2.45, 2.75) is 13.0 Å². The first kappa shape index (κ1) is 11.5. The molecule has 1 N–H and O–H groups in total. The number of carboxylic acids is 1. The Hall–Kier alpha value is -2.63. The number of aromatic nitrogens is 3. The summed E-state index contributed by atoms with van der Waals surface area (Å²) in [5.74, 6) is -0.204. The maximum Gasteiger partial charge on any atom is 0.335 e. The van der Waals surface area contributed by atoms with Crippen LogP contribution in [0.4, 0.5) is 0 Å². The lowest BCUT2D eigenvalue weighted by Gasteiger charge is -2.09. The second-order valence-corrected chi connectivity index (χ2v) is 4.23. The molecule has 6 heteroatoms. The number of benzene rings is 1. The molecule has 0 fully saturated rings. The lowest BCUT2D eigenvalue weighted by Crippen LogP contribution is -2.07. The number of rotatable bonds is 3. The molecule has 1 unspecified atom stereocenters. The van der Waals surface area contributed by atoms with Crippen molar-refractivity contribution < 1.29 is 14.3 Å². The van der Waals surface area contributed by atoms with E-state index in [1.54, 1.807) is 23.1 Å². The molecule has 0 bridgehead atoms. The largest absolute Gasteiger partial charge is 0.478 e. The third-order valence-corrected chi connectivity index (χ3v) is 3.04. The number of carboxylic acid groups (broad SMARTS) is 1. The van der Waals surface area contributed by atoms with Gasteiger partial charge in [-0.1, -0.05) is 5.21 Å². The first-order valence-corrected chi connectivity index (χ1v) is 5.78. The van der Waals surface area contributed by atoms with Crippen LogP contribution in [0.1, 0.15) is 29.1 Å². The van der Waals surface area contributed by atoms with Crippen molar-refractivity contribution in [2.75, 3.05) is 0 Å². The van der Waals surface area contributed by atoms with Gasteiger partial charge in [-0.2, -0.15) is 0 Å². The van der Waals surface area contributed by atoms with E-state index in [0.29, 0.717) is 5.52 Å². The quantitative estimate of drug-likeness (QED) is 0.778. The summed E-state index contributed by atoms with van der Waals surface area (Å²) in [4.78, 5) is 10.9. The minimum atomic E-state index is -0.976. The summed E-state index contributed by atoms with van der Waals surface area (Å²) >= 11 is 0. The number of carbonyl (C=O) groups is 1. The maximum absolute atomic E-state index is 10.9. The fraction of sp³-hybridized carbons (Fsp3) is 0.154. The Labute approximate surface area is 108 Å². The van der Waals surface area contributed by atoms with E-state index in [1.807, 2.05) is 19.1 Å². The van der Waals surface area contributed by atoms with Crippen LogP contribution in [0, 0.1) is 0 Å². The van der Waals surface area contributed by atoms with Crippen molar-refractivity contribution in [1.29, 1.82) is 0 Å². The van der Waals surface area contributed by atoms with Gasteiger partial charge in [0.05, 0.1) is 17.3 Å². The first-order valence-electron chi connectivity index (χ1n) is 5.78. The van der Waals surface area contributed by atoms with E-state index in [1.165, 1.54) is 6.07 Å². The van der Waals surface area contributed by atoms with Gasteiger partial charge in [-0.15, -0.1) is 5.10 Å². The molecule has 1 atom stereocenters. The van der Waals surface area contributed by atoms with Gasteiger partial charge in [-0.05, 0) is 37.3 Å². The Balaban J connectivity index is 2.08. The average Bonchev–Trinajstić information content (AvgIpc) is 3.06. The summed E-state index contributed by atoms with van der Waals surface area (Å²) in [7, 11) is 0. The fourth-order valence-electron chi connectivity index (χ4n) is 2.01. The molecular weight excluding hydrogens is 246 g/mol. The molecule has 0 radical (unpaired) electrons. The molecule has 6 nitrogen and oxygen atoms in total. The van der Waals surface area contributed by atoms with Crippen LogP contribution in [0.2, 0.25) is 0 Å². The zero-order chi connectivity index (χ0) is 13.4. The minimum absolute atomic E-state index is 0.101. The fourth-order valence-corrected chi connectivity index (χ4v) is 2.01. The first-order chi connectivity index (χ1) is 9.16. The highest BCUT2D eigenvalue weighted by Crippen LogP contribution is 2.22. The Morgan fingerprint density at radius 1 is 1.42 bits per heavy atom. The molecule has 0 aliphatic rings. The summed E-state index contributed by atoms with van der Waals surface area (Å²) < 4.78 is 7.06. The van der Waals surface area contributed by atoms with E-state index in [4.69, 9.17) is 9.52 Å². The second kappa shape index (κ2) is 4.24. The van der Waals surface area contributed by atoms with Crippen LogP contribution in [0.3, 0.4) is 0 Å². The van der Waals surface area contributed by atoms with Gasteiger partial charge in [0.15, 0.2) is 0 Å². The van der Waals surface area contributed by atoms with Crippen LogP contribution in [-0.2, 0) is 0 Å². The summed E-state index contributed by atoms with van der Waals surface area (Å²) in [6.45, 7) is 1.94. The number of nitrogens with zero attached hydrogens (tertiary/aromatic N) is 3. The van der Waals surface area contributed by atoms with Crippen molar-refractivity contribution in [3.05, 3.63) is 47.9 Å². The molecule has 2 aromatic heterocycles. The normalized spacial score (nSPS) is 12.7. The molecule has 0 aliphatic carbocycles. The Kier molecular flexibility index (Phi) is 2.56. The van der Waals surface area contributed by atoms with Gasteiger partial charge >= 0.3 is 5.97 Å². The molecule has 2 heterocycles. The Morgan fingerprint density at radius 3 is 2.95 bits per heavy atom. The molecule has 0 saturated heterocycles. The van der Waals surface area contributed by atoms with Crippen LogP contribution in [-0.4, -0.2) is 26.1 Å². The van der Waals surface area contributed by atoms with Crippen molar-refractivity contribution in [3.63, 3.8) is 0 Å². The Bertz CT molecular complexity index is 731. The summed E-state index contributed by atoms with van der Waals surface area (Å²) in [5, 5.41) is 17.0. The number of hydrogen-bond acceptors (Lipinski definition) is 4. The van der Waals surface area contributed by atoms with Crippen molar-refractivity contribution in [1.82, 2.24) is 15.0 Å². The predicted molar refractivity (Wildman–Crippen MR) is 67.0 cm³/mol. The van der Waals surface area contributed by atoms with E-state index < -0.39 is 5.97 Å². The van der Waals surface area contributed by atoms with Crippen LogP contribution in [0.25, 0.3) is 11.0 Å². The lowest BCUT2D eigenvalue weighted by molar-refractivity contribution is 0.0697. The predicted octanol–water partition coefficient (Wildman–Crippen LogP) is 2.33. The molecule has 3 aromatic rings. The number of furan rings is 1. The molecule has 0 spiro atoms. The number of aromatic carboxylic acids is 1. The Morgan fingerprint density at radius 2 is 2.26 bits per heavy atom. The SMILES string of the molecule is CC(c1ccco1)n1nnc2cc(C(=O)O)ccc21. The average molecular weight is 257 g/mol. The van der Waals surface area contributed by atoms with Gasteiger partial charge in [-0.25, -0.2) is 9.48 Å². The summed E-state index contributed by atoms with van der Waals surface area (Å²) in [6, 6.07) is 8.33. The van der Waals surface area contributed by atoms with Crippen molar-refractivity contribution in [2.24, 2.45) is 0 Å². The highest BCUT2D eigenvalue weighted by atomic mass is 16.4. The molecule has 0 saturated carbocycles. The molecule has 96 valence electrons. The van der Waals surface area contributed by atoms with E-state index in [2.05, 4.69) is 10.3 Å². The highest BCUT2D eigenvalue weighted by Gasteiger charge is 2.16. The van der Waals surface area contributed by atoms with Gasteiger partial charge in [-0.3, -0.25) is 0 Å². The van der Waals surface area contributed by atoms with Crippen LogP contribution in [0.15, 0.2) is 41.0 Å². The molecule has 3 rings (SSSR count). The standard InChI is InChI=1S/C13H11N3O3/c1-8(12-3-2-6-19-12)16-11-5-4-9(13(17)18)7-10(11)14-15-16/h2-8H,1H3,(H,17,18).